The molecule has 1 atom stereocenters. The van der Waals surface area contributed by atoms with Crippen LogP contribution < -0.4 is 5.32 Å². The second-order valence-corrected chi connectivity index (χ2v) is 5.83. The Kier molecular flexibility index (Phi) is 5.55. The van der Waals surface area contributed by atoms with Gasteiger partial charge in [0, 0.05) is 12.6 Å². The predicted molar refractivity (Wildman–Crippen MR) is 78.6 cm³/mol. The van der Waals surface area contributed by atoms with Gasteiger partial charge in [-0.1, -0.05) is 25.7 Å². The van der Waals surface area contributed by atoms with Crippen LogP contribution in [-0.2, 0) is 6.54 Å². The lowest BCUT2D eigenvalue weighted by atomic mass is 9.93. The number of rotatable bonds is 4. The van der Waals surface area contributed by atoms with Crippen LogP contribution >= 0.6 is 0 Å². The zero-order chi connectivity index (χ0) is 14.4. The molecule has 0 spiro atoms. The highest BCUT2D eigenvalue weighted by molar-refractivity contribution is 5.37. The standard InChI is InChI=1S/C17H23FN2/c1-13(14-6-4-2-3-5-7-14)20-12-16-10-17(18)9-8-15(16)11-19/h8-10,13-14,20H,2-7,12H2,1H3/t13-/m1/s1. The molecule has 1 saturated carbocycles. The van der Waals surface area contributed by atoms with Gasteiger partial charge in [-0.3, -0.25) is 0 Å². The number of nitrogens with zero attached hydrogens (tertiary/aromatic N) is 1. The number of hydrogen-bond acceptors (Lipinski definition) is 2. The van der Waals surface area contributed by atoms with Gasteiger partial charge in [-0.2, -0.15) is 5.26 Å². The van der Waals surface area contributed by atoms with Crippen molar-refractivity contribution >= 4 is 0 Å². The summed E-state index contributed by atoms with van der Waals surface area (Å²) in [5.74, 6) is 0.430. The van der Waals surface area contributed by atoms with Crippen LogP contribution in [0.25, 0.3) is 0 Å². The molecule has 0 amide bonds. The van der Waals surface area contributed by atoms with E-state index >= 15 is 0 Å². The maximum absolute atomic E-state index is 13.3. The normalized spacial score (nSPS) is 18.2. The summed E-state index contributed by atoms with van der Waals surface area (Å²) in [5, 5.41) is 12.5. The molecule has 1 aromatic rings. The summed E-state index contributed by atoms with van der Waals surface area (Å²) in [7, 11) is 0. The van der Waals surface area contributed by atoms with E-state index in [1.807, 2.05) is 0 Å². The summed E-state index contributed by atoms with van der Waals surface area (Å²) >= 11 is 0. The molecule has 0 bridgehead atoms. The van der Waals surface area contributed by atoms with Crippen LogP contribution in [0, 0.1) is 23.1 Å². The third kappa shape index (κ3) is 4.05. The van der Waals surface area contributed by atoms with Crippen molar-refractivity contribution in [2.24, 2.45) is 5.92 Å². The molecule has 0 radical (unpaired) electrons. The average molecular weight is 274 g/mol. The molecule has 1 aromatic carbocycles. The Morgan fingerprint density at radius 2 is 2.00 bits per heavy atom. The zero-order valence-corrected chi connectivity index (χ0v) is 12.2. The fourth-order valence-electron chi connectivity index (χ4n) is 3.07. The van der Waals surface area contributed by atoms with Crippen molar-refractivity contribution in [3.05, 3.63) is 35.1 Å². The van der Waals surface area contributed by atoms with Crippen molar-refractivity contribution in [2.75, 3.05) is 0 Å². The molecule has 0 heterocycles. The van der Waals surface area contributed by atoms with Crippen molar-refractivity contribution in [1.82, 2.24) is 5.32 Å². The van der Waals surface area contributed by atoms with Crippen LogP contribution in [0.3, 0.4) is 0 Å². The molecule has 2 nitrogen and oxygen atoms in total. The summed E-state index contributed by atoms with van der Waals surface area (Å²) in [6, 6.07) is 6.91. The van der Waals surface area contributed by atoms with Gasteiger partial charge in [-0.15, -0.1) is 0 Å². The lowest BCUT2D eigenvalue weighted by Gasteiger charge is -2.24. The van der Waals surface area contributed by atoms with Gasteiger partial charge in [-0.05, 0) is 49.4 Å². The molecule has 1 fully saturated rings. The number of benzene rings is 1. The topological polar surface area (TPSA) is 35.8 Å². The summed E-state index contributed by atoms with van der Waals surface area (Å²) < 4.78 is 13.3. The van der Waals surface area contributed by atoms with Gasteiger partial charge in [0.1, 0.15) is 5.82 Å². The minimum absolute atomic E-state index is 0.275. The SMILES string of the molecule is C[C@@H](NCc1cc(F)ccc1C#N)C1CCCCCC1. The highest BCUT2D eigenvalue weighted by Crippen LogP contribution is 2.25. The lowest BCUT2D eigenvalue weighted by molar-refractivity contribution is 0.336. The van der Waals surface area contributed by atoms with E-state index in [0.717, 1.165) is 5.56 Å². The fraction of sp³-hybridized carbons (Fsp3) is 0.588. The highest BCUT2D eigenvalue weighted by Gasteiger charge is 2.18. The quantitative estimate of drug-likeness (QED) is 0.837. The van der Waals surface area contributed by atoms with E-state index in [9.17, 15) is 4.39 Å². The Balaban J connectivity index is 1.94. The van der Waals surface area contributed by atoms with Crippen molar-refractivity contribution in [3.8, 4) is 6.07 Å². The van der Waals surface area contributed by atoms with Crippen LogP contribution in [-0.4, -0.2) is 6.04 Å². The monoisotopic (exact) mass is 274 g/mol. The molecule has 1 N–H and O–H groups in total. The van der Waals surface area contributed by atoms with Gasteiger partial charge in [0.2, 0.25) is 0 Å². The zero-order valence-electron chi connectivity index (χ0n) is 12.2. The van der Waals surface area contributed by atoms with Crippen LogP contribution in [0.15, 0.2) is 18.2 Å². The summed E-state index contributed by atoms with van der Waals surface area (Å²) in [4.78, 5) is 0. The van der Waals surface area contributed by atoms with Crippen molar-refractivity contribution in [1.29, 1.82) is 5.26 Å². The molecular weight excluding hydrogens is 251 g/mol. The predicted octanol–water partition coefficient (Wildman–Crippen LogP) is 4.15. The molecule has 2 rings (SSSR count). The first kappa shape index (κ1) is 15.0. The Bertz CT molecular complexity index is 470. The van der Waals surface area contributed by atoms with Crippen LogP contribution in [0.4, 0.5) is 4.39 Å². The van der Waals surface area contributed by atoms with Gasteiger partial charge >= 0.3 is 0 Å². The molecule has 0 aliphatic heterocycles. The number of hydrogen-bond donors (Lipinski definition) is 1. The van der Waals surface area contributed by atoms with Gasteiger partial charge in [0.25, 0.3) is 0 Å². The second kappa shape index (κ2) is 7.40. The molecule has 1 aliphatic carbocycles. The first-order chi connectivity index (χ1) is 9.70. The molecule has 0 aromatic heterocycles. The molecule has 3 heteroatoms. The molecule has 108 valence electrons. The van der Waals surface area contributed by atoms with E-state index in [4.69, 9.17) is 5.26 Å². The van der Waals surface area contributed by atoms with Crippen LogP contribution in [0.1, 0.15) is 56.6 Å². The Hall–Kier alpha value is -1.40. The maximum Gasteiger partial charge on any atom is 0.123 e. The summed E-state index contributed by atoms with van der Waals surface area (Å²) in [5.41, 5.74) is 1.32. The second-order valence-electron chi connectivity index (χ2n) is 5.83. The Morgan fingerprint density at radius 3 is 2.65 bits per heavy atom. The smallest absolute Gasteiger partial charge is 0.123 e. The van der Waals surface area contributed by atoms with E-state index in [1.54, 1.807) is 6.07 Å². The van der Waals surface area contributed by atoms with Crippen LogP contribution in [0.5, 0.6) is 0 Å². The van der Waals surface area contributed by atoms with Gasteiger partial charge < -0.3 is 5.32 Å². The lowest BCUT2D eigenvalue weighted by Crippen LogP contribution is -2.33. The Morgan fingerprint density at radius 1 is 1.30 bits per heavy atom. The minimum Gasteiger partial charge on any atom is -0.310 e. The molecule has 0 unspecified atom stereocenters. The average Bonchev–Trinajstić information content (AvgIpc) is 2.74. The maximum atomic E-state index is 13.3. The molecule has 1 aliphatic rings. The molecular formula is C17H23FN2. The van der Waals surface area contributed by atoms with Crippen molar-refractivity contribution in [3.63, 3.8) is 0 Å². The number of nitrogens with one attached hydrogen (secondary N) is 1. The van der Waals surface area contributed by atoms with E-state index in [2.05, 4.69) is 18.3 Å². The minimum atomic E-state index is -0.275. The van der Waals surface area contributed by atoms with Crippen LogP contribution in [0.2, 0.25) is 0 Å². The van der Waals surface area contributed by atoms with E-state index in [-0.39, 0.29) is 5.82 Å². The third-order valence-electron chi connectivity index (χ3n) is 4.41. The van der Waals surface area contributed by atoms with Gasteiger partial charge in [-0.25, -0.2) is 4.39 Å². The fourth-order valence-corrected chi connectivity index (χ4v) is 3.07. The van der Waals surface area contributed by atoms with Gasteiger partial charge in [0.05, 0.1) is 11.6 Å². The molecule has 20 heavy (non-hydrogen) atoms. The first-order valence-corrected chi connectivity index (χ1v) is 7.62. The summed E-state index contributed by atoms with van der Waals surface area (Å²) in [6.07, 6.45) is 7.91. The number of nitriles is 1. The Labute approximate surface area is 121 Å². The van der Waals surface area contributed by atoms with E-state index in [0.29, 0.717) is 24.1 Å². The molecule has 0 saturated heterocycles. The van der Waals surface area contributed by atoms with Gasteiger partial charge in [0.15, 0.2) is 0 Å². The largest absolute Gasteiger partial charge is 0.310 e. The van der Waals surface area contributed by atoms with Crippen molar-refractivity contribution < 1.29 is 4.39 Å². The summed E-state index contributed by atoms with van der Waals surface area (Å²) in [6.45, 7) is 2.78. The highest BCUT2D eigenvalue weighted by atomic mass is 19.1. The number of halogens is 1. The van der Waals surface area contributed by atoms with Crippen molar-refractivity contribution in [2.45, 2.75) is 58.0 Å². The van der Waals surface area contributed by atoms with E-state index in [1.165, 1.54) is 50.7 Å². The first-order valence-electron chi connectivity index (χ1n) is 7.62. The third-order valence-corrected chi connectivity index (χ3v) is 4.41. The van der Waals surface area contributed by atoms with E-state index < -0.39 is 0 Å².